The van der Waals surface area contributed by atoms with E-state index < -0.39 is 6.10 Å². The Morgan fingerprint density at radius 1 is 1.33 bits per heavy atom. The van der Waals surface area contributed by atoms with E-state index in [4.69, 9.17) is 16.3 Å². The lowest BCUT2D eigenvalue weighted by Crippen LogP contribution is -2.51. The third-order valence-corrected chi connectivity index (χ3v) is 4.13. The van der Waals surface area contributed by atoms with E-state index >= 15 is 0 Å². The second kappa shape index (κ2) is 7.14. The summed E-state index contributed by atoms with van der Waals surface area (Å²) in [4.78, 5) is 16.7. The van der Waals surface area contributed by atoms with Crippen LogP contribution in [-0.4, -0.2) is 55.0 Å². The van der Waals surface area contributed by atoms with Gasteiger partial charge in [0, 0.05) is 26.2 Å². The number of carbonyl (C=O) groups is 1. The van der Waals surface area contributed by atoms with E-state index in [1.54, 1.807) is 6.07 Å². The minimum Gasteiger partial charge on any atom is -0.479 e. The van der Waals surface area contributed by atoms with E-state index in [-0.39, 0.29) is 5.91 Å². The Bertz CT molecular complexity index is 499. The van der Waals surface area contributed by atoms with E-state index in [0.29, 0.717) is 17.2 Å². The number of piperazine rings is 1. The van der Waals surface area contributed by atoms with E-state index in [9.17, 15) is 4.79 Å². The largest absolute Gasteiger partial charge is 0.479 e. The third-order valence-electron chi connectivity index (χ3n) is 3.82. The summed E-state index contributed by atoms with van der Waals surface area (Å²) < 4.78 is 5.88. The van der Waals surface area contributed by atoms with Crippen LogP contribution >= 0.6 is 11.6 Å². The molecule has 1 aromatic carbocycles. The van der Waals surface area contributed by atoms with Gasteiger partial charge in [0.1, 0.15) is 5.75 Å². The Morgan fingerprint density at radius 2 is 2.00 bits per heavy atom. The number of nitrogens with zero attached hydrogens (tertiary/aromatic N) is 2. The van der Waals surface area contributed by atoms with Crippen LogP contribution in [0.25, 0.3) is 0 Å². The van der Waals surface area contributed by atoms with Gasteiger partial charge < -0.3 is 14.5 Å². The van der Waals surface area contributed by atoms with Gasteiger partial charge in [-0.15, -0.1) is 0 Å². The zero-order chi connectivity index (χ0) is 15.4. The van der Waals surface area contributed by atoms with Gasteiger partial charge in [-0.1, -0.05) is 24.6 Å². The fraction of sp³-hybridized carbons (Fsp3) is 0.562. The first-order chi connectivity index (χ1) is 10.0. The Labute approximate surface area is 131 Å². The molecule has 0 N–H and O–H groups in total. The highest BCUT2D eigenvalue weighted by Crippen LogP contribution is 2.27. The normalized spacial score (nSPS) is 17.6. The fourth-order valence-electron chi connectivity index (χ4n) is 2.39. The fourth-order valence-corrected chi connectivity index (χ4v) is 2.56. The Kier molecular flexibility index (Phi) is 5.48. The van der Waals surface area contributed by atoms with Gasteiger partial charge in [0.05, 0.1) is 5.02 Å². The highest BCUT2D eigenvalue weighted by molar-refractivity contribution is 6.32. The number of likely N-dealkylation sites (N-methyl/N-ethyl adjacent to an activating group) is 1. The predicted molar refractivity (Wildman–Crippen MR) is 85.0 cm³/mol. The molecule has 21 heavy (non-hydrogen) atoms. The summed E-state index contributed by atoms with van der Waals surface area (Å²) in [6.07, 6.45) is 0.169. The zero-order valence-electron chi connectivity index (χ0n) is 12.9. The number of aryl methyl sites for hydroxylation is 1. The first-order valence-electron chi connectivity index (χ1n) is 7.41. The summed E-state index contributed by atoms with van der Waals surface area (Å²) in [5, 5.41) is 0.547. The Hall–Kier alpha value is -1.26. The quantitative estimate of drug-likeness (QED) is 0.857. The number of amides is 1. The molecular weight excluding hydrogens is 288 g/mol. The van der Waals surface area contributed by atoms with Crippen LogP contribution in [0.1, 0.15) is 18.9 Å². The molecule has 1 fully saturated rings. The molecule has 5 heteroatoms. The number of hydrogen-bond donors (Lipinski definition) is 0. The molecular formula is C16H23ClN2O2. The molecule has 116 valence electrons. The average molecular weight is 311 g/mol. The van der Waals surface area contributed by atoms with Crippen molar-refractivity contribution in [1.29, 1.82) is 0 Å². The van der Waals surface area contributed by atoms with Gasteiger partial charge in [-0.2, -0.15) is 0 Å². The summed E-state index contributed by atoms with van der Waals surface area (Å²) >= 11 is 6.15. The minimum atomic E-state index is -0.465. The molecule has 0 aromatic heterocycles. The lowest BCUT2D eigenvalue weighted by Gasteiger charge is -2.34. The molecule has 1 aromatic rings. The van der Waals surface area contributed by atoms with E-state index in [1.807, 2.05) is 30.9 Å². The maximum Gasteiger partial charge on any atom is 0.263 e. The number of rotatable bonds is 4. The van der Waals surface area contributed by atoms with Crippen molar-refractivity contribution in [1.82, 2.24) is 9.80 Å². The van der Waals surface area contributed by atoms with Gasteiger partial charge in [0.15, 0.2) is 6.10 Å². The van der Waals surface area contributed by atoms with Crippen LogP contribution in [0.5, 0.6) is 5.75 Å². The summed E-state index contributed by atoms with van der Waals surface area (Å²) in [5.41, 5.74) is 1.07. The molecule has 1 atom stereocenters. The van der Waals surface area contributed by atoms with Crippen molar-refractivity contribution in [2.45, 2.75) is 26.4 Å². The van der Waals surface area contributed by atoms with Gasteiger partial charge in [0.2, 0.25) is 0 Å². The smallest absolute Gasteiger partial charge is 0.263 e. The van der Waals surface area contributed by atoms with Crippen LogP contribution in [0.2, 0.25) is 5.02 Å². The van der Waals surface area contributed by atoms with Crippen molar-refractivity contribution < 1.29 is 9.53 Å². The van der Waals surface area contributed by atoms with Crippen molar-refractivity contribution in [3.63, 3.8) is 0 Å². The van der Waals surface area contributed by atoms with E-state index in [1.165, 1.54) is 0 Å². The number of benzene rings is 1. The van der Waals surface area contributed by atoms with Gasteiger partial charge in [-0.25, -0.2) is 0 Å². The van der Waals surface area contributed by atoms with Crippen LogP contribution in [0.15, 0.2) is 18.2 Å². The van der Waals surface area contributed by atoms with Gasteiger partial charge >= 0.3 is 0 Å². The average Bonchev–Trinajstić information content (AvgIpc) is 2.48. The molecule has 4 nitrogen and oxygen atoms in total. The molecule has 1 saturated heterocycles. The number of hydrogen-bond acceptors (Lipinski definition) is 3. The van der Waals surface area contributed by atoms with Crippen LogP contribution < -0.4 is 4.74 Å². The number of halogens is 1. The molecule has 1 aliphatic heterocycles. The molecule has 2 rings (SSSR count). The SMILES string of the molecule is CC[C@@H](Oc1cc(C)ccc1Cl)C(=O)N1CCN(C)CC1. The maximum atomic E-state index is 12.6. The lowest BCUT2D eigenvalue weighted by atomic mass is 10.2. The standard InChI is InChI=1S/C16H23ClN2O2/c1-4-14(16(20)19-9-7-18(3)8-10-19)21-15-11-12(2)5-6-13(15)17/h5-6,11,14H,4,7-10H2,1-3H3/t14-/m1/s1. The summed E-state index contributed by atoms with van der Waals surface area (Å²) in [5.74, 6) is 0.647. The first kappa shape index (κ1) is 16.1. The third kappa shape index (κ3) is 4.11. The minimum absolute atomic E-state index is 0.0585. The Morgan fingerprint density at radius 3 is 2.62 bits per heavy atom. The van der Waals surface area contributed by atoms with Crippen LogP contribution in [-0.2, 0) is 4.79 Å². The van der Waals surface area contributed by atoms with Crippen LogP contribution in [0, 0.1) is 6.92 Å². The molecule has 0 aliphatic carbocycles. The lowest BCUT2D eigenvalue weighted by molar-refractivity contribution is -0.140. The van der Waals surface area contributed by atoms with Crippen molar-refractivity contribution in [3.8, 4) is 5.75 Å². The second-order valence-corrected chi connectivity index (χ2v) is 5.98. The highest BCUT2D eigenvalue weighted by Gasteiger charge is 2.27. The monoisotopic (exact) mass is 310 g/mol. The molecule has 0 radical (unpaired) electrons. The molecule has 0 bridgehead atoms. The maximum absolute atomic E-state index is 12.6. The molecule has 1 heterocycles. The van der Waals surface area contributed by atoms with E-state index in [2.05, 4.69) is 11.9 Å². The van der Waals surface area contributed by atoms with E-state index in [0.717, 1.165) is 31.7 Å². The summed E-state index contributed by atoms with van der Waals surface area (Å²) in [6.45, 7) is 7.28. The van der Waals surface area contributed by atoms with Crippen molar-refractivity contribution >= 4 is 17.5 Å². The number of ether oxygens (including phenoxy) is 1. The van der Waals surface area contributed by atoms with Crippen molar-refractivity contribution in [2.75, 3.05) is 33.2 Å². The van der Waals surface area contributed by atoms with Gasteiger partial charge in [-0.05, 0) is 38.1 Å². The van der Waals surface area contributed by atoms with Gasteiger partial charge in [0.25, 0.3) is 5.91 Å². The summed E-state index contributed by atoms with van der Waals surface area (Å²) in [7, 11) is 2.07. The zero-order valence-corrected chi connectivity index (χ0v) is 13.7. The van der Waals surface area contributed by atoms with Crippen LogP contribution in [0.3, 0.4) is 0 Å². The van der Waals surface area contributed by atoms with Crippen LogP contribution in [0.4, 0.5) is 0 Å². The topological polar surface area (TPSA) is 32.8 Å². The highest BCUT2D eigenvalue weighted by atomic mass is 35.5. The first-order valence-corrected chi connectivity index (χ1v) is 7.79. The van der Waals surface area contributed by atoms with Crippen molar-refractivity contribution in [2.24, 2.45) is 0 Å². The molecule has 0 saturated carbocycles. The Balaban J connectivity index is 2.05. The van der Waals surface area contributed by atoms with Gasteiger partial charge in [-0.3, -0.25) is 4.79 Å². The number of carbonyl (C=O) groups excluding carboxylic acids is 1. The summed E-state index contributed by atoms with van der Waals surface area (Å²) in [6, 6.07) is 5.61. The molecule has 0 spiro atoms. The molecule has 1 amide bonds. The van der Waals surface area contributed by atoms with Crippen molar-refractivity contribution in [3.05, 3.63) is 28.8 Å². The molecule has 1 aliphatic rings. The second-order valence-electron chi connectivity index (χ2n) is 5.58. The predicted octanol–water partition coefficient (Wildman–Crippen LogP) is 2.58. The molecule has 0 unspecified atom stereocenters.